The molecule has 4 heterocycles. The van der Waals surface area contributed by atoms with Crippen molar-refractivity contribution in [3.63, 3.8) is 0 Å². The SMILES string of the molecule is c1ccc(-n2c3ccccc3c3cc(-n4c5ccccc5c5c4ccc4c6ccccc6n(-c6cccc([Si](c7ccccc7)(c7ccccc7)c7ccccc7)n6)c45)ccc32)cc1. The van der Waals surface area contributed by atoms with E-state index in [0.717, 1.165) is 39.1 Å². The summed E-state index contributed by atoms with van der Waals surface area (Å²) in [5.41, 5.74) is 9.28. The van der Waals surface area contributed by atoms with E-state index in [1.807, 2.05) is 0 Å². The standard InChI is InChI=1S/C59H40N4Si/c1-5-20-41(21-6-1)61-51-31-16-14-29-47(51)50-40-42(36-38-54(50)61)62-53-33-18-15-30-49(53)58-55(62)39-37-48-46-28-13-17-32-52(46)63(59(48)58)56-34-19-35-57(60-56)64(43-22-7-2-8-23-43,44-24-9-3-10-25-44)45-26-11-4-12-27-45/h1-40H. The molecule has 13 aromatic rings. The molecule has 5 heteroatoms. The van der Waals surface area contributed by atoms with Gasteiger partial charge in [0, 0.05) is 49.0 Å². The lowest BCUT2D eigenvalue weighted by molar-refractivity contribution is 1.10. The second-order valence-electron chi connectivity index (χ2n) is 16.7. The van der Waals surface area contributed by atoms with Gasteiger partial charge in [0.1, 0.15) is 5.82 Å². The van der Waals surface area contributed by atoms with Gasteiger partial charge in [-0.3, -0.25) is 4.57 Å². The number of hydrogen-bond donors (Lipinski definition) is 0. The summed E-state index contributed by atoms with van der Waals surface area (Å²) in [6, 6.07) is 88.7. The zero-order chi connectivity index (χ0) is 42.2. The summed E-state index contributed by atoms with van der Waals surface area (Å²) in [6.07, 6.45) is 0. The fourth-order valence-electron chi connectivity index (χ4n) is 10.7. The van der Waals surface area contributed by atoms with E-state index in [9.17, 15) is 0 Å². The molecule has 9 aromatic carbocycles. The molecule has 4 aromatic heterocycles. The van der Waals surface area contributed by atoms with Crippen LogP contribution < -0.4 is 20.9 Å². The Balaban J connectivity index is 1.10. The first kappa shape index (κ1) is 36.4. The van der Waals surface area contributed by atoms with Crippen LogP contribution in [0.5, 0.6) is 0 Å². The molecule has 64 heavy (non-hydrogen) atoms. The van der Waals surface area contributed by atoms with Crippen LogP contribution in [0.2, 0.25) is 0 Å². The predicted molar refractivity (Wildman–Crippen MR) is 271 cm³/mol. The maximum Gasteiger partial charge on any atom is 0.201 e. The molecule has 0 fully saturated rings. The van der Waals surface area contributed by atoms with Crippen LogP contribution in [0.15, 0.2) is 243 Å². The van der Waals surface area contributed by atoms with Crippen molar-refractivity contribution in [2.45, 2.75) is 0 Å². The number of nitrogens with zero attached hydrogens (tertiary/aromatic N) is 4. The van der Waals surface area contributed by atoms with Crippen LogP contribution in [0.25, 0.3) is 82.6 Å². The van der Waals surface area contributed by atoms with Gasteiger partial charge >= 0.3 is 0 Å². The zero-order valence-corrected chi connectivity index (χ0v) is 35.9. The van der Waals surface area contributed by atoms with Gasteiger partial charge < -0.3 is 9.13 Å². The van der Waals surface area contributed by atoms with Crippen molar-refractivity contribution in [3.05, 3.63) is 243 Å². The van der Waals surface area contributed by atoms with E-state index in [2.05, 4.69) is 256 Å². The third kappa shape index (κ3) is 5.25. The van der Waals surface area contributed by atoms with Crippen LogP contribution in [0.3, 0.4) is 0 Å². The molecule has 0 unspecified atom stereocenters. The molecule has 0 amide bonds. The second-order valence-corrected chi connectivity index (χ2v) is 20.4. The van der Waals surface area contributed by atoms with Gasteiger partial charge in [0.15, 0.2) is 0 Å². The molecular formula is C59H40N4Si. The van der Waals surface area contributed by atoms with Gasteiger partial charge in [-0.05, 0) is 82.3 Å². The fraction of sp³-hybridized carbons (Fsp3) is 0. The quantitative estimate of drug-likeness (QED) is 0.116. The molecule has 0 aliphatic rings. The predicted octanol–water partition coefficient (Wildman–Crippen LogP) is 11.8. The Labute approximate surface area is 371 Å². The van der Waals surface area contributed by atoms with Crippen LogP contribution >= 0.6 is 0 Å². The number of aromatic nitrogens is 4. The Morgan fingerprint density at radius 2 is 0.766 bits per heavy atom. The fourth-order valence-corrected chi connectivity index (χ4v) is 15.3. The maximum atomic E-state index is 5.87. The summed E-state index contributed by atoms with van der Waals surface area (Å²) in [7, 11) is -2.91. The van der Waals surface area contributed by atoms with E-state index < -0.39 is 8.07 Å². The molecule has 300 valence electrons. The number of hydrogen-bond acceptors (Lipinski definition) is 1. The van der Waals surface area contributed by atoms with E-state index in [-0.39, 0.29) is 0 Å². The summed E-state index contributed by atoms with van der Waals surface area (Å²) in [4.78, 5) is 5.87. The van der Waals surface area contributed by atoms with E-state index in [1.165, 1.54) is 64.4 Å². The molecule has 0 N–H and O–H groups in total. The summed E-state index contributed by atoms with van der Waals surface area (Å²) < 4.78 is 7.28. The van der Waals surface area contributed by atoms with E-state index in [4.69, 9.17) is 4.98 Å². The average Bonchev–Trinajstić information content (AvgIpc) is 4.01. The van der Waals surface area contributed by atoms with E-state index >= 15 is 0 Å². The molecule has 0 radical (unpaired) electrons. The third-order valence-corrected chi connectivity index (χ3v) is 18.0. The van der Waals surface area contributed by atoms with Gasteiger partial charge in [0.2, 0.25) is 8.07 Å². The lowest BCUT2D eigenvalue weighted by Gasteiger charge is -2.33. The van der Waals surface area contributed by atoms with Crippen LogP contribution in [-0.4, -0.2) is 26.8 Å². The monoisotopic (exact) mass is 832 g/mol. The van der Waals surface area contributed by atoms with Gasteiger partial charge in [-0.1, -0.05) is 176 Å². The first-order valence-electron chi connectivity index (χ1n) is 22.0. The third-order valence-electron chi connectivity index (χ3n) is 13.4. The van der Waals surface area contributed by atoms with Crippen LogP contribution in [0, 0.1) is 0 Å². The van der Waals surface area contributed by atoms with E-state index in [0.29, 0.717) is 0 Å². The molecule has 0 saturated carbocycles. The number of fused-ring (bicyclic) bond motifs is 10. The normalized spacial score (nSPS) is 12.1. The van der Waals surface area contributed by atoms with Crippen molar-refractivity contribution in [2.75, 3.05) is 0 Å². The second kappa shape index (κ2) is 14.4. The van der Waals surface area contributed by atoms with Crippen molar-refractivity contribution in [3.8, 4) is 17.2 Å². The Kier molecular flexibility index (Phi) is 8.20. The molecule has 0 aliphatic carbocycles. The first-order valence-corrected chi connectivity index (χ1v) is 24.0. The lowest BCUT2D eigenvalue weighted by atomic mass is 10.1. The smallest absolute Gasteiger partial charge is 0.201 e. The topological polar surface area (TPSA) is 27.7 Å². The van der Waals surface area contributed by atoms with Crippen molar-refractivity contribution in [2.24, 2.45) is 0 Å². The molecule has 4 nitrogen and oxygen atoms in total. The highest BCUT2D eigenvalue weighted by Gasteiger charge is 2.43. The summed E-state index contributed by atoms with van der Waals surface area (Å²) >= 11 is 0. The average molecular weight is 833 g/mol. The van der Waals surface area contributed by atoms with Crippen molar-refractivity contribution < 1.29 is 0 Å². The highest BCUT2D eigenvalue weighted by molar-refractivity contribution is 7.19. The molecule has 0 atom stereocenters. The summed E-state index contributed by atoms with van der Waals surface area (Å²) in [5, 5.41) is 12.3. The van der Waals surface area contributed by atoms with Crippen molar-refractivity contribution in [1.82, 2.24) is 18.7 Å². The highest BCUT2D eigenvalue weighted by Crippen LogP contribution is 2.42. The first-order chi connectivity index (χ1) is 31.8. The van der Waals surface area contributed by atoms with Crippen LogP contribution in [0.4, 0.5) is 0 Å². The van der Waals surface area contributed by atoms with Crippen LogP contribution in [0.1, 0.15) is 0 Å². The van der Waals surface area contributed by atoms with Gasteiger partial charge in [-0.25, -0.2) is 4.98 Å². The molecule has 0 saturated heterocycles. The minimum Gasteiger partial charge on any atom is -0.309 e. The molecule has 0 aliphatic heterocycles. The Bertz CT molecular complexity index is 3790. The number of para-hydroxylation sites is 4. The Hall–Kier alpha value is -8.25. The van der Waals surface area contributed by atoms with Crippen LogP contribution in [-0.2, 0) is 0 Å². The number of pyridine rings is 1. The Morgan fingerprint density at radius 1 is 0.297 bits per heavy atom. The molecule has 13 rings (SSSR count). The molecule has 0 spiro atoms. The van der Waals surface area contributed by atoms with Gasteiger partial charge in [0.25, 0.3) is 0 Å². The number of rotatable bonds is 7. The maximum absolute atomic E-state index is 5.87. The van der Waals surface area contributed by atoms with Gasteiger partial charge in [-0.2, -0.15) is 0 Å². The highest BCUT2D eigenvalue weighted by atomic mass is 28.3. The molecule has 0 bridgehead atoms. The lowest BCUT2D eigenvalue weighted by Crippen LogP contribution is -2.75. The number of benzene rings is 9. The van der Waals surface area contributed by atoms with Crippen molar-refractivity contribution in [1.29, 1.82) is 0 Å². The zero-order valence-electron chi connectivity index (χ0n) is 34.9. The summed E-state index contributed by atoms with van der Waals surface area (Å²) in [5.74, 6) is 0.905. The Morgan fingerprint density at radius 3 is 1.39 bits per heavy atom. The molecular weight excluding hydrogens is 793 g/mol. The van der Waals surface area contributed by atoms with Gasteiger partial charge in [0.05, 0.1) is 33.1 Å². The summed E-state index contributed by atoms with van der Waals surface area (Å²) in [6.45, 7) is 0. The van der Waals surface area contributed by atoms with Crippen molar-refractivity contribution >= 4 is 94.4 Å². The van der Waals surface area contributed by atoms with E-state index in [1.54, 1.807) is 0 Å². The minimum absolute atomic E-state index is 0.905. The van der Waals surface area contributed by atoms with Gasteiger partial charge in [-0.15, -0.1) is 0 Å². The minimum atomic E-state index is -2.91. The largest absolute Gasteiger partial charge is 0.309 e.